The zero-order valence-corrected chi connectivity index (χ0v) is 11.3. The van der Waals surface area contributed by atoms with E-state index in [9.17, 15) is 4.79 Å². The number of nitrogens with one attached hydrogen (secondary N) is 2. The molecule has 3 rings (SSSR count). The van der Waals surface area contributed by atoms with Gasteiger partial charge in [0.1, 0.15) is 0 Å². The van der Waals surface area contributed by atoms with Crippen molar-refractivity contribution in [3.63, 3.8) is 0 Å². The predicted octanol–water partition coefficient (Wildman–Crippen LogP) is 4.00. The summed E-state index contributed by atoms with van der Waals surface area (Å²) in [5.74, 6) is 0.742. The number of fused-ring (bicyclic) bond motifs is 1. The molecular weight excluding hydrogens is 236 g/mol. The third kappa shape index (κ3) is 2.65. The van der Waals surface area contributed by atoms with Crippen molar-refractivity contribution in [1.29, 1.82) is 0 Å². The zero-order valence-electron chi connectivity index (χ0n) is 11.3. The lowest BCUT2D eigenvalue weighted by Gasteiger charge is -2.09. The minimum atomic E-state index is 0.148. The first kappa shape index (κ1) is 12.3. The highest BCUT2D eigenvalue weighted by molar-refractivity contribution is 5.94. The highest BCUT2D eigenvalue weighted by Crippen LogP contribution is 2.28. The quantitative estimate of drug-likeness (QED) is 0.856. The van der Waals surface area contributed by atoms with Crippen LogP contribution in [0.1, 0.15) is 37.7 Å². The number of carbonyl (C=O) groups excluding carboxylic acids is 1. The van der Waals surface area contributed by atoms with Crippen molar-refractivity contribution in [2.24, 2.45) is 5.92 Å². The van der Waals surface area contributed by atoms with Crippen molar-refractivity contribution in [2.45, 2.75) is 39.0 Å². The van der Waals surface area contributed by atoms with Gasteiger partial charge < -0.3 is 10.3 Å². The van der Waals surface area contributed by atoms with Crippen LogP contribution < -0.4 is 5.32 Å². The molecule has 0 saturated heterocycles. The van der Waals surface area contributed by atoms with Crippen molar-refractivity contribution in [3.8, 4) is 0 Å². The van der Waals surface area contributed by atoms with Crippen LogP contribution in [0.3, 0.4) is 0 Å². The lowest BCUT2D eigenvalue weighted by atomic mass is 10.0. The average molecular weight is 256 g/mol. The maximum atomic E-state index is 12.0. The van der Waals surface area contributed by atoms with Crippen LogP contribution in [0.25, 0.3) is 10.9 Å². The highest BCUT2D eigenvalue weighted by atomic mass is 16.1. The molecule has 1 saturated carbocycles. The highest BCUT2D eigenvalue weighted by Gasteiger charge is 2.18. The van der Waals surface area contributed by atoms with Gasteiger partial charge in [0, 0.05) is 29.2 Å². The van der Waals surface area contributed by atoms with E-state index in [1.165, 1.54) is 36.6 Å². The smallest absolute Gasteiger partial charge is 0.224 e. The molecule has 2 aromatic rings. The third-order valence-electron chi connectivity index (χ3n) is 4.12. The van der Waals surface area contributed by atoms with Crippen LogP contribution in [0, 0.1) is 12.8 Å². The van der Waals surface area contributed by atoms with Crippen molar-refractivity contribution >= 4 is 22.5 Å². The number of aryl methyl sites for hydroxylation is 1. The number of aromatic nitrogens is 1. The summed E-state index contributed by atoms with van der Waals surface area (Å²) >= 11 is 0. The Balaban J connectivity index is 1.68. The molecule has 1 aliphatic carbocycles. The van der Waals surface area contributed by atoms with Crippen molar-refractivity contribution in [2.75, 3.05) is 5.32 Å². The molecule has 1 aromatic carbocycles. The molecule has 0 spiro atoms. The second-order valence-electron chi connectivity index (χ2n) is 5.63. The standard InChI is InChI=1S/C16H20N2O/c1-11-10-17-15-9-13(6-7-14(11)15)18-16(19)8-12-4-2-3-5-12/h6-7,9-10,12,17H,2-5,8H2,1H3,(H,18,19). The largest absolute Gasteiger partial charge is 0.361 e. The Kier molecular flexibility index (Phi) is 3.28. The Morgan fingerprint density at radius 1 is 1.37 bits per heavy atom. The van der Waals surface area contributed by atoms with Gasteiger partial charge in [-0.3, -0.25) is 4.79 Å². The Hall–Kier alpha value is -1.77. The number of anilines is 1. The number of H-pyrrole nitrogens is 1. The van der Waals surface area contributed by atoms with Gasteiger partial charge in [-0.05, 0) is 43.4 Å². The lowest BCUT2D eigenvalue weighted by molar-refractivity contribution is -0.117. The molecule has 1 aliphatic rings. The van der Waals surface area contributed by atoms with E-state index in [-0.39, 0.29) is 5.91 Å². The summed E-state index contributed by atoms with van der Waals surface area (Å²) < 4.78 is 0. The molecule has 3 heteroatoms. The molecule has 0 bridgehead atoms. The van der Waals surface area contributed by atoms with Gasteiger partial charge in [-0.1, -0.05) is 18.9 Å². The first-order valence-corrected chi connectivity index (χ1v) is 7.10. The van der Waals surface area contributed by atoms with Crippen LogP contribution in [0.15, 0.2) is 24.4 Å². The van der Waals surface area contributed by atoms with E-state index >= 15 is 0 Å². The summed E-state index contributed by atoms with van der Waals surface area (Å²) in [5, 5.41) is 4.23. The normalized spacial score (nSPS) is 16.1. The van der Waals surface area contributed by atoms with Crippen LogP contribution in [-0.2, 0) is 4.79 Å². The molecule has 0 atom stereocenters. The van der Waals surface area contributed by atoms with Gasteiger partial charge in [0.25, 0.3) is 0 Å². The van der Waals surface area contributed by atoms with E-state index in [4.69, 9.17) is 0 Å². The van der Waals surface area contributed by atoms with Gasteiger partial charge in [0.15, 0.2) is 0 Å². The van der Waals surface area contributed by atoms with Crippen LogP contribution in [0.4, 0.5) is 5.69 Å². The van der Waals surface area contributed by atoms with Crippen LogP contribution >= 0.6 is 0 Å². The van der Waals surface area contributed by atoms with Gasteiger partial charge in [0.05, 0.1) is 0 Å². The summed E-state index contributed by atoms with van der Waals surface area (Å²) in [4.78, 5) is 15.2. The second kappa shape index (κ2) is 5.08. The van der Waals surface area contributed by atoms with Gasteiger partial charge in [0.2, 0.25) is 5.91 Å². The minimum Gasteiger partial charge on any atom is -0.361 e. The fraction of sp³-hybridized carbons (Fsp3) is 0.438. The molecule has 0 aliphatic heterocycles. The first-order chi connectivity index (χ1) is 9.22. The monoisotopic (exact) mass is 256 g/mol. The number of hydrogen-bond acceptors (Lipinski definition) is 1. The minimum absolute atomic E-state index is 0.148. The fourth-order valence-electron chi connectivity index (χ4n) is 3.04. The molecule has 0 radical (unpaired) electrons. The maximum Gasteiger partial charge on any atom is 0.224 e. The number of hydrogen-bond donors (Lipinski definition) is 2. The lowest BCUT2D eigenvalue weighted by Crippen LogP contribution is -2.15. The Bertz CT molecular complexity index is 594. The molecule has 0 unspecified atom stereocenters. The average Bonchev–Trinajstić information content (AvgIpc) is 3.00. The van der Waals surface area contributed by atoms with Gasteiger partial charge >= 0.3 is 0 Å². The van der Waals surface area contributed by atoms with E-state index in [1.807, 2.05) is 18.3 Å². The number of benzene rings is 1. The van der Waals surface area contributed by atoms with Crippen molar-refractivity contribution in [3.05, 3.63) is 30.0 Å². The van der Waals surface area contributed by atoms with Crippen LogP contribution in [0.5, 0.6) is 0 Å². The van der Waals surface area contributed by atoms with E-state index in [0.29, 0.717) is 12.3 Å². The first-order valence-electron chi connectivity index (χ1n) is 7.10. The molecule has 1 amide bonds. The third-order valence-corrected chi connectivity index (χ3v) is 4.12. The van der Waals surface area contributed by atoms with E-state index < -0.39 is 0 Å². The number of amides is 1. The molecule has 3 nitrogen and oxygen atoms in total. The molecule has 1 heterocycles. The Morgan fingerprint density at radius 2 is 2.16 bits per heavy atom. The fourth-order valence-corrected chi connectivity index (χ4v) is 3.04. The summed E-state index contributed by atoms with van der Waals surface area (Å²) in [6.45, 7) is 2.08. The molecular formula is C16H20N2O. The van der Waals surface area contributed by atoms with Crippen molar-refractivity contribution < 1.29 is 4.79 Å². The molecule has 1 aromatic heterocycles. The van der Waals surface area contributed by atoms with E-state index in [1.54, 1.807) is 0 Å². The molecule has 2 N–H and O–H groups in total. The maximum absolute atomic E-state index is 12.0. The number of carbonyl (C=O) groups is 1. The van der Waals surface area contributed by atoms with Gasteiger partial charge in [-0.15, -0.1) is 0 Å². The Labute approximate surface area is 113 Å². The van der Waals surface area contributed by atoms with Gasteiger partial charge in [-0.2, -0.15) is 0 Å². The van der Waals surface area contributed by atoms with E-state index in [2.05, 4.69) is 23.3 Å². The number of rotatable bonds is 3. The Morgan fingerprint density at radius 3 is 2.95 bits per heavy atom. The van der Waals surface area contributed by atoms with Crippen LogP contribution in [0.2, 0.25) is 0 Å². The summed E-state index contributed by atoms with van der Waals surface area (Å²) in [6, 6.07) is 6.05. The number of aromatic amines is 1. The molecule has 100 valence electrons. The molecule has 19 heavy (non-hydrogen) atoms. The van der Waals surface area contributed by atoms with Crippen molar-refractivity contribution in [1.82, 2.24) is 4.98 Å². The summed E-state index contributed by atoms with van der Waals surface area (Å²) in [7, 11) is 0. The predicted molar refractivity (Wildman–Crippen MR) is 78.2 cm³/mol. The SMILES string of the molecule is Cc1c[nH]c2cc(NC(=O)CC3CCCC3)ccc12. The van der Waals surface area contributed by atoms with Gasteiger partial charge in [-0.25, -0.2) is 0 Å². The summed E-state index contributed by atoms with van der Waals surface area (Å²) in [6.07, 6.45) is 7.65. The summed E-state index contributed by atoms with van der Waals surface area (Å²) in [5.41, 5.74) is 3.20. The van der Waals surface area contributed by atoms with Crippen LogP contribution in [-0.4, -0.2) is 10.9 Å². The second-order valence-corrected chi connectivity index (χ2v) is 5.63. The molecule has 1 fully saturated rings. The zero-order chi connectivity index (χ0) is 13.2. The topological polar surface area (TPSA) is 44.9 Å². The van der Waals surface area contributed by atoms with E-state index in [0.717, 1.165) is 11.2 Å².